The number of aromatic nitrogens is 1. The topological polar surface area (TPSA) is 57.3 Å². The lowest BCUT2D eigenvalue weighted by molar-refractivity contribution is 0.0951. The average Bonchev–Trinajstić information content (AvgIpc) is 2.78. The second-order valence-electron chi connectivity index (χ2n) is 7.66. The molecule has 0 atom stereocenters. The fourth-order valence-electron chi connectivity index (χ4n) is 3.86. The lowest BCUT2D eigenvalue weighted by Gasteiger charge is -2.27. The molecule has 0 spiro atoms. The molecular weight excluding hydrogens is 441 g/mol. The van der Waals surface area contributed by atoms with Crippen molar-refractivity contribution < 1.29 is 18.0 Å². The first-order chi connectivity index (χ1) is 15.4. The van der Waals surface area contributed by atoms with Crippen molar-refractivity contribution in [2.45, 2.75) is 6.42 Å². The summed E-state index contributed by atoms with van der Waals surface area (Å²) in [7, 11) is 0. The van der Waals surface area contributed by atoms with Gasteiger partial charge in [0.1, 0.15) is 17.5 Å². The van der Waals surface area contributed by atoms with Crippen molar-refractivity contribution in [1.29, 1.82) is 0 Å². The zero-order valence-corrected chi connectivity index (χ0v) is 18.0. The predicted molar refractivity (Wildman–Crippen MR) is 118 cm³/mol. The molecule has 1 aromatic heterocycles. The number of carbonyl (C=O) groups excluding carboxylic acids is 1. The maximum absolute atomic E-state index is 14.4. The lowest BCUT2D eigenvalue weighted by Crippen LogP contribution is -2.44. The third-order valence-corrected chi connectivity index (χ3v) is 5.79. The Morgan fingerprint density at radius 3 is 2.53 bits per heavy atom. The number of rotatable bonds is 6. The van der Waals surface area contributed by atoms with E-state index >= 15 is 0 Å². The molecule has 0 radical (unpaired) electrons. The van der Waals surface area contributed by atoms with Crippen molar-refractivity contribution in [3.63, 3.8) is 0 Å². The first-order valence-corrected chi connectivity index (χ1v) is 10.8. The van der Waals surface area contributed by atoms with Gasteiger partial charge in [0, 0.05) is 67.4 Å². The first kappa shape index (κ1) is 22.5. The van der Waals surface area contributed by atoms with E-state index in [9.17, 15) is 18.0 Å². The molecular formula is C23H22ClF3N4O. The van der Waals surface area contributed by atoms with Crippen LogP contribution in [0.1, 0.15) is 16.8 Å². The van der Waals surface area contributed by atoms with Crippen molar-refractivity contribution >= 4 is 28.3 Å². The summed E-state index contributed by atoms with van der Waals surface area (Å²) in [5, 5.41) is 7.23. The van der Waals surface area contributed by atoms with Crippen LogP contribution in [-0.2, 0) is 0 Å². The number of pyridine rings is 1. The number of nitrogens with one attached hydrogen (secondary N) is 2. The highest BCUT2D eigenvalue weighted by Crippen LogP contribution is 2.34. The average molecular weight is 463 g/mol. The van der Waals surface area contributed by atoms with Crippen molar-refractivity contribution in [2.24, 2.45) is 0 Å². The van der Waals surface area contributed by atoms with E-state index in [0.717, 1.165) is 39.1 Å². The molecule has 0 aliphatic carbocycles. The van der Waals surface area contributed by atoms with Gasteiger partial charge in [0.05, 0.1) is 16.3 Å². The van der Waals surface area contributed by atoms with Gasteiger partial charge in [0.25, 0.3) is 5.91 Å². The molecule has 5 nitrogen and oxygen atoms in total. The highest BCUT2D eigenvalue weighted by molar-refractivity contribution is 6.35. The fourth-order valence-corrected chi connectivity index (χ4v) is 4.07. The van der Waals surface area contributed by atoms with Gasteiger partial charge in [-0.05, 0) is 25.1 Å². The number of nitrogens with zero attached hydrogens (tertiary/aromatic N) is 2. The molecule has 2 aromatic carbocycles. The van der Waals surface area contributed by atoms with E-state index < -0.39 is 23.0 Å². The van der Waals surface area contributed by atoms with Gasteiger partial charge in [0.2, 0.25) is 0 Å². The van der Waals surface area contributed by atoms with Crippen LogP contribution in [0.15, 0.2) is 36.5 Å². The van der Waals surface area contributed by atoms with E-state index in [2.05, 4.69) is 20.5 Å². The zero-order chi connectivity index (χ0) is 22.7. The molecule has 32 heavy (non-hydrogen) atoms. The van der Waals surface area contributed by atoms with Crippen LogP contribution in [0.3, 0.4) is 0 Å². The summed E-state index contributed by atoms with van der Waals surface area (Å²) >= 11 is 6.21. The number of benzene rings is 2. The molecule has 168 valence electrons. The largest absolute Gasteiger partial charge is 0.352 e. The molecule has 4 rings (SSSR count). The summed E-state index contributed by atoms with van der Waals surface area (Å²) in [4.78, 5) is 19.1. The fraction of sp³-hybridized carbons (Fsp3) is 0.304. The van der Waals surface area contributed by atoms with Crippen molar-refractivity contribution in [2.75, 3.05) is 39.3 Å². The molecule has 3 aromatic rings. The number of hydrogen-bond donors (Lipinski definition) is 2. The van der Waals surface area contributed by atoms with Crippen LogP contribution in [0.25, 0.3) is 22.0 Å². The Hall–Kier alpha value is -2.68. The van der Waals surface area contributed by atoms with E-state index in [1.54, 1.807) is 12.1 Å². The van der Waals surface area contributed by atoms with Crippen LogP contribution in [0, 0.1) is 17.5 Å². The quantitative estimate of drug-likeness (QED) is 0.544. The number of amides is 1. The Kier molecular flexibility index (Phi) is 6.93. The number of carbonyl (C=O) groups is 1. The number of fused-ring (bicyclic) bond motifs is 1. The number of halogens is 4. The monoisotopic (exact) mass is 462 g/mol. The molecule has 0 saturated carbocycles. The normalized spacial score (nSPS) is 14.6. The van der Waals surface area contributed by atoms with Gasteiger partial charge in [-0.25, -0.2) is 13.2 Å². The molecule has 0 bridgehead atoms. The molecule has 1 fully saturated rings. The summed E-state index contributed by atoms with van der Waals surface area (Å²) in [6.07, 6.45) is 2.08. The maximum Gasteiger partial charge on any atom is 0.251 e. The SMILES string of the molecule is O=C(NCCCN1CCNCC1)c1ccc2c(Cl)cnc(-c3c(F)cc(F)cc3F)c2c1. The van der Waals surface area contributed by atoms with Gasteiger partial charge in [-0.1, -0.05) is 17.7 Å². The van der Waals surface area contributed by atoms with E-state index in [1.807, 2.05) is 0 Å². The minimum Gasteiger partial charge on any atom is -0.352 e. The standard InChI is InChI=1S/C23H22ClF3N4O/c24-18-13-30-22(21-19(26)11-15(25)12-20(21)27)17-10-14(2-3-16(17)18)23(32)29-4-1-7-31-8-5-28-6-9-31/h2-3,10-13,28H,1,4-9H2,(H,29,32). The molecule has 0 unspecified atom stereocenters. The first-order valence-electron chi connectivity index (χ1n) is 10.4. The molecule has 1 aliphatic heterocycles. The van der Waals surface area contributed by atoms with Crippen LogP contribution in [0.5, 0.6) is 0 Å². The Balaban J connectivity index is 1.56. The van der Waals surface area contributed by atoms with Gasteiger partial charge in [-0.15, -0.1) is 0 Å². The molecule has 2 N–H and O–H groups in total. The number of hydrogen-bond acceptors (Lipinski definition) is 4. The third kappa shape index (κ3) is 4.87. The van der Waals surface area contributed by atoms with Gasteiger partial charge in [-0.2, -0.15) is 0 Å². The van der Waals surface area contributed by atoms with Gasteiger partial charge in [-0.3, -0.25) is 9.78 Å². The van der Waals surface area contributed by atoms with Crippen molar-refractivity contribution in [1.82, 2.24) is 20.5 Å². The molecule has 2 heterocycles. The van der Waals surface area contributed by atoms with Crippen LogP contribution < -0.4 is 10.6 Å². The van der Waals surface area contributed by atoms with Gasteiger partial charge in [0.15, 0.2) is 0 Å². The molecule has 9 heteroatoms. The van der Waals surface area contributed by atoms with Crippen LogP contribution in [0.4, 0.5) is 13.2 Å². The van der Waals surface area contributed by atoms with E-state index in [0.29, 0.717) is 35.0 Å². The Bertz CT molecular complexity index is 1130. The Morgan fingerprint density at radius 2 is 1.81 bits per heavy atom. The van der Waals surface area contributed by atoms with Crippen molar-refractivity contribution in [3.8, 4) is 11.3 Å². The van der Waals surface area contributed by atoms with Gasteiger partial charge < -0.3 is 15.5 Å². The lowest BCUT2D eigenvalue weighted by atomic mass is 10.0. The summed E-state index contributed by atoms with van der Waals surface area (Å²) in [5.41, 5.74) is -0.206. The minimum atomic E-state index is -1.08. The van der Waals surface area contributed by atoms with E-state index in [4.69, 9.17) is 11.6 Å². The van der Waals surface area contributed by atoms with Crippen LogP contribution >= 0.6 is 11.6 Å². The second-order valence-corrected chi connectivity index (χ2v) is 8.07. The van der Waals surface area contributed by atoms with Crippen molar-refractivity contribution in [3.05, 3.63) is 64.6 Å². The smallest absolute Gasteiger partial charge is 0.251 e. The van der Waals surface area contributed by atoms with E-state index in [-0.39, 0.29) is 16.6 Å². The Morgan fingerprint density at radius 1 is 1.09 bits per heavy atom. The minimum absolute atomic E-state index is 0.0484. The predicted octanol–water partition coefficient (Wildman–Crippen LogP) is 4.00. The summed E-state index contributed by atoms with van der Waals surface area (Å²) in [6.45, 7) is 5.32. The highest BCUT2D eigenvalue weighted by atomic mass is 35.5. The summed E-state index contributed by atoms with van der Waals surface area (Å²) < 4.78 is 42.2. The van der Waals surface area contributed by atoms with Gasteiger partial charge >= 0.3 is 0 Å². The highest BCUT2D eigenvalue weighted by Gasteiger charge is 2.19. The summed E-state index contributed by atoms with van der Waals surface area (Å²) in [5.74, 6) is -3.50. The summed E-state index contributed by atoms with van der Waals surface area (Å²) in [6, 6.07) is 5.89. The zero-order valence-electron chi connectivity index (χ0n) is 17.2. The number of piperazine rings is 1. The molecule has 1 saturated heterocycles. The molecule has 1 aliphatic rings. The van der Waals surface area contributed by atoms with Crippen LogP contribution in [0.2, 0.25) is 5.02 Å². The van der Waals surface area contributed by atoms with Crippen LogP contribution in [-0.4, -0.2) is 55.1 Å². The third-order valence-electron chi connectivity index (χ3n) is 5.49. The van der Waals surface area contributed by atoms with E-state index in [1.165, 1.54) is 12.3 Å². The Labute approximate surface area is 188 Å². The second kappa shape index (κ2) is 9.85. The molecule has 1 amide bonds. The maximum atomic E-state index is 14.4.